The Morgan fingerprint density at radius 1 is 1.13 bits per heavy atom. The lowest BCUT2D eigenvalue weighted by Crippen LogP contribution is -2.51. The lowest BCUT2D eigenvalue weighted by molar-refractivity contribution is -0.164. The Kier molecular flexibility index (Phi) is 6.79. The van der Waals surface area contributed by atoms with Crippen molar-refractivity contribution in [3.63, 3.8) is 0 Å². The monoisotopic (exact) mass is 440 g/mol. The number of carbonyl (C=O) groups is 1. The first-order chi connectivity index (χ1) is 14.7. The molecule has 0 aromatic heterocycles. The van der Waals surface area contributed by atoms with E-state index in [2.05, 4.69) is 5.10 Å². The summed E-state index contributed by atoms with van der Waals surface area (Å²) in [5, 5.41) is 13.4. The fourth-order valence-corrected chi connectivity index (χ4v) is 2.99. The van der Waals surface area contributed by atoms with E-state index in [-0.39, 0.29) is 17.2 Å². The molecule has 166 valence electrons. The number of ether oxygens (including phenoxy) is 2. The largest absolute Gasteiger partial charge is 0.494 e. The van der Waals surface area contributed by atoms with Gasteiger partial charge in [0.15, 0.2) is 0 Å². The molecule has 0 unspecified atom stereocenters. The molecule has 0 spiro atoms. The summed E-state index contributed by atoms with van der Waals surface area (Å²) in [7, 11) is 0. The van der Waals surface area contributed by atoms with Crippen LogP contribution in [0.15, 0.2) is 53.6 Å². The van der Waals surface area contributed by atoms with Crippen LogP contribution in [0, 0.1) is 0 Å². The first-order valence-corrected chi connectivity index (χ1v) is 9.39. The van der Waals surface area contributed by atoms with Crippen LogP contribution in [0.1, 0.15) is 29.3 Å². The summed E-state index contributed by atoms with van der Waals surface area (Å²) in [5.74, 6) is 0.0997. The Labute approximate surface area is 175 Å². The third kappa shape index (κ3) is 4.96. The molecule has 1 aliphatic heterocycles. The van der Waals surface area contributed by atoms with E-state index in [1.54, 1.807) is 30.3 Å². The Morgan fingerprint density at radius 3 is 2.35 bits per heavy atom. The fourth-order valence-electron chi connectivity index (χ4n) is 2.99. The minimum atomic E-state index is -3.48. The minimum absolute atomic E-state index is 0.0333. The number of nitrogens with zero attached hydrogens (tertiary/aromatic N) is 2. The third-order valence-corrected chi connectivity index (χ3v) is 4.54. The molecule has 1 aliphatic rings. The van der Waals surface area contributed by atoms with Crippen molar-refractivity contribution in [2.45, 2.75) is 38.5 Å². The molecule has 6 nitrogen and oxygen atoms in total. The van der Waals surface area contributed by atoms with Crippen molar-refractivity contribution < 1.29 is 36.9 Å². The van der Waals surface area contributed by atoms with Crippen molar-refractivity contribution in [1.29, 1.82) is 0 Å². The van der Waals surface area contributed by atoms with E-state index in [1.807, 2.05) is 6.92 Å². The summed E-state index contributed by atoms with van der Waals surface area (Å²) < 4.78 is 63.6. The lowest BCUT2D eigenvalue weighted by Gasteiger charge is -2.30. The first-order valence-electron chi connectivity index (χ1n) is 9.39. The summed E-state index contributed by atoms with van der Waals surface area (Å²) in [5.41, 5.74) is -3.69. The topological polar surface area (TPSA) is 71.4 Å². The van der Waals surface area contributed by atoms with Crippen molar-refractivity contribution in [3.8, 4) is 11.5 Å². The summed E-state index contributed by atoms with van der Waals surface area (Å²) in [4.78, 5) is 12.7. The Hall–Kier alpha value is -3.14. The molecule has 0 fully saturated rings. The number of halogens is 4. The van der Waals surface area contributed by atoms with Gasteiger partial charge in [0.05, 0.1) is 6.61 Å². The van der Waals surface area contributed by atoms with Gasteiger partial charge in [-0.2, -0.15) is 10.1 Å². The van der Waals surface area contributed by atoms with Crippen LogP contribution < -0.4 is 9.47 Å². The van der Waals surface area contributed by atoms with E-state index < -0.39 is 36.6 Å². The molecule has 31 heavy (non-hydrogen) atoms. The molecule has 0 aliphatic carbocycles. The van der Waals surface area contributed by atoms with Gasteiger partial charge in [-0.15, -0.1) is 0 Å². The smallest absolute Gasteiger partial charge is 0.287 e. The maximum atomic E-state index is 13.4. The molecule has 0 saturated heterocycles. The van der Waals surface area contributed by atoms with E-state index in [1.165, 1.54) is 18.2 Å². The van der Waals surface area contributed by atoms with E-state index >= 15 is 0 Å². The summed E-state index contributed by atoms with van der Waals surface area (Å²) in [6.45, 7) is 2.45. The Balaban J connectivity index is 1.74. The molecule has 1 heterocycles. The zero-order chi connectivity index (χ0) is 22.6. The van der Waals surface area contributed by atoms with Crippen LogP contribution in [-0.4, -0.2) is 46.9 Å². The molecule has 3 rings (SSSR count). The Bertz CT molecular complexity index is 953. The molecule has 1 atom stereocenters. The van der Waals surface area contributed by atoms with Gasteiger partial charge in [0.25, 0.3) is 18.8 Å². The quantitative estimate of drug-likeness (QED) is 0.628. The van der Waals surface area contributed by atoms with Crippen LogP contribution in [0.5, 0.6) is 11.5 Å². The number of alkyl halides is 4. The second-order valence-electron chi connectivity index (χ2n) is 6.76. The maximum absolute atomic E-state index is 13.4. The van der Waals surface area contributed by atoms with Gasteiger partial charge in [0, 0.05) is 12.0 Å². The zero-order valence-electron chi connectivity index (χ0n) is 16.5. The molecule has 0 saturated carbocycles. The van der Waals surface area contributed by atoms with Crippen molar-refractivity contribution in [2.75, 3.05) is 6.61 Å². The number of aliphatic hydroxyl groups is 1. The fraction of sp³-hybridized carbons (Fsp3) is 0.333. The lowest BCUT2D eigenvalue weighted by atomic mass is 10.1. The number of amides is 1. The number of rotatable bonds is 8. The highest BCUT2D eigenvalue weighted by atomic mass is 19.3. The minimum Gasteiger partial charge on any atom is -0.494 e. The van der Waals surface area contributed by atoms with Gasteiger partial charge in [-0.3, -0.25) is 4.79 Å². The third-order valence-electron chi connectivity index (χ3n) is 4.54. The normalized spacial score (nSPS) is 18.5. The van der Waals surface area contributed by atoms with Crippen LogP contribution >= 0.6 is 0 Å². The standard InChI is InChI=1S/C21H20F4N2O4/c1-2-30-15-6-8-16(9-7-15)31-12-13-4-3-5-14(10-13)19(28)27-21(29,20(24)25)11-17(26-27)18(22)23/h3-10,18,20,29H,2,11-12H2,1H3/t21-/m0/s1. The van der Waals surface area contributed by atoms with Crippen LogP contribution in [0.4, 0.5) is 17.6 Å². The second kappa shape index (κ2) is 9.34. The average Bonchev–Trinajstić information content (AvgIpc) is 3.12. The van der Waals surface area contributed by atoms with Gasteiger partial charge in [-0.05, 0) is 48.9 Å². The predicted molar refractivity (Wildman–Crippen MR) is 104 cm³/mol. The first kappa shape index (κ1) is 22.5. The predicted octanol–water partition coefficient (Wildman–Crippen LogP) is 4.09. The van der Waals surface area contributed by atoms with E-state index in [0.29, 0.717) is 23.7 Å². The van der Waals surface area contributed by atoms with Crippen molar-refractivity contribution in [3.05, 3.63) is 59.7 Å². The Morgan fingerprint density at radius 2 is 1.77 bits per heavy atom. The maximum Gasteiger partial charge on any atom is 0.287 e. The highest BCUT2D eigenvalue weighted by Gasteiger charge is 2.53. The molecule has 10 heteroatoms. The summed E-state index contributed by atoms with van der Waals surface area (Å²) >= 11 is 0. The van der Waals surface area contributed by atoms with Crippen LogP contribution in [0.25, 0.3) is 0 Å². The highest BCUT2D eigenvalue weighted by molar-refractivity contribution is 5.99. The molecule has 2 aromatic rings. The van der Waals surface area contributed by atoms with Gasteiger partial charge < -0.3 is 14.6 Å². The van der Waals surface area contributed by atoms with Crippen LogP contribution in [-0.2, 0) is 6.61 Å². The number of benzene rings is 2. The van der Waals surface area contributed by atoms with Gasteiger partial charge in [0.2, 0.25) is 5.72 Å². The van der Waals surface area contributed by atoms with Crippen molar-refractivity contribution in [2.24, 2.45) is 5.10 Å². The molecule has 0 bridgehead atoms. The molecule has 1 N–H and O–H groups in total. The van der Waals surface area contributed by atoms with E-state index in [4.69, 9.17) is 9.47 Å². The van der Waals surface area contributed by atoms with Gasteiger partial charge in [-0.1, -0.05) is 12.1 Å². The van der Waals surface area contributed by atoms with Crippen molar-refractivity contribution >= 4 is 11.6 Å². The highest BCUT2D eigenvalue weighted by Crippen LogP contribution is 2.34. The van der Waals surface area contributed by atoms with Crippen LogP contribution in [0.2, 0.25) is 0 Å². The number of carbonyl (C=O) groups excluding carboxylic acids is 1. The van der Waals surface area contributed by atoms with Gasteiger partial charge in [0.1, 0.15) is 23.8 Å². The van der Waals surface area contributed by atoms with Gasteiger partial charge >= 0.3 is 0 Å². The number of hydrogen-bond acceptors (Lipinski definition) is 5. The van der Waals surface area contributed by atoms with Crippen LogP contribution in [0.3, 0.4) is 0 Å². The number of hydrogen-bond donors (Lipinski definition) is 1. The van der Waals surface area contributed by atoms with Crippen molar-refractivity contribution in [1.82, 2.24) is 5.01 Å². The molecule has 0 radical (unpaired) electrons. The van der Waals surface area contributed by atoms with E-state index in [0.717, 1.165) is 0 Å². The molecule has 1 amide bonds. The summed E-state index contributed by atoms with van der Waals surface area (Å²) in [6, 6.07) is 12.7. The second-order valence-corrected chi connectivity index (χ2v) is 6.76. The molecule has 2 aromatic carbocycles. The van der Waals surface area contributed by atoms with E-state index in [9.17, 15) is 27.5 Å². The number of hydrazone groups is 1. The SMILES string of the molecule is CCOc1ccc(OCc2cccc(C(=O)N3N=C(C(F)F)C[C@]3(O)C(F)F)c2)cc1. The van der Waals surface area contributed by atoms with Gasteiger partial charge in [-0.25, -0.2) is 17.6 Å². The molecular formula is C21H20F4N2O4. The molecular weight excluding hydrogens is 420 g/mol. The zero-order valence-corrected chi connectivity index (χ0v) is 16.5. The average molecular weight is 440 g/mol. The summed E-state index contributed by atoms with van der Waals surface area (Å²) in [6.07, 6.45) is -7.78.